The number of esters is 2. The third-order valence-electron chi connectivity index (χ3n) is 14.1. The zero-order valence-corrected chi connectivity index (χ0v) is 43.9. The lowest BCUT2D eigenvalue weighted by Crippen LogP contribution is -2.58. The number of unbranched alkanes of at least 4 members (excludes halogenated alkanes) is 1. The first-order valence-corrected chi connectivity index (χ1v) is 25.8. The lowest BCUT2D eigenvalue weighted by molar-refractivity contribution is -0.154. The highest BCUT2D eigenvalue weighted by atomic mass is 16.5. The highest BCUT2D eigenvalue weighted by Gasteiger charge is 2.47. The van der Waals surface area contributed by atoms with E-state index in [4.69, 9.17) is 18.9 Å². The van der Waals surface area contributed by atoms with Crippen LogP contribution < -0.4 is 10.1 Å². The molecule has 3 amide bonds. The molecule has 1 heterocycles. The maximum atomic E-state index is 15.0. The van der Waals surface area contributed by atoms with Crippen molar-refractivity contribution in [3.05, 3.63) is 138 Å². The minimum atomic E-state index is -1.09. The second kappa shape index (κ2) is 25.9. The number of nitrogens with one attached hydrogen (secondary N) is 1. The van der Waals surface area contributed by atoms with E-state index >= 15 is 0 Å². The van der Waals surface area contributed by atoms with E-state index < -0.39 is 47.0 Å². The van der Waals surface area contributed by atoms with Crippen LogP contribution in [0.3, 0.4) is 0 Å². The average molecular weight is 998 g/mol. The molecular weight excluding hydrogens is 923 g/mol. The summed E-state index contributed by atoms with van der Waals surface area (Å²) in [6, 6.07) is 30.4. The lowest BCUT2D eigenvalue weighted by atomic mass is 9.88. The summed E-state index contributed by atoms with van der Waals surface area (Å²) in [5.41, 5.74) is 5.39. The highest BCUT2D eigenvalue weighted by molar-refractivity contribution is 5.96. The van der Waals surface area contributed by atoms with Gasteiger partial charge in [-0.25, -0.2) is 0 Å². The maximum Gasteiger partial charge on any atom is 0.306 e. The Kier molecular flexibility index (Phi) is 19.7. The second-order valence-electron chi connectivity index (χ2n) is 20.6. The van der Waals surface area contributed by atoms with E-state index in [1.807, 2.05) is 94.4 Å². The van der Waals surface area contributed by atoms with Gasteiger partial charge in [0.1, 0.15) is 18.4 Å². The van der Waals surface area contributed by atoms with Gasteiger partial charge >= 0.3 is 11.9 Å². The van der Waals surface area contributed by atoms with E-state index in [1.165, 1.54) is 7.11 Å². The number of nitrogens with zero attached hydrogens (tertiary/aromatic N) is 2. The van der Waals surface area contributed by atoms with Gasteiger partial charge < -0.3 is 34.1 Å². The number of ketones is 1. The molecule has 4 atom stereocenters. The van der Waals surface area contributed by atoms with Crippen LogP contribution in [0.1, 0.15) is 126 Å². The van der Waals surface area contributed by atoms with Crippen molar-refractivity contribution in [1.29, 1.82) is 0 Å². The first kappa shape index (κ1) is 55.7. The largest absolute Gasteiger partial charge is 0.497 e. The van der Waals surface area contributed by atoms with Gasteiger partial charge in [0.05, 0.1) is 50.2 Å². The van der Waals surface area contributed by atoms with Crippen LogP contribution in [0.5, 0.6) is 5.75 Å². The fourth-order valence-electron chi connectivity index (χ4n) is 10.2. The molecule has 1 fully saturated rings. The number of hydrogen-bond donors (Lipinski definition) is 1. The number of likely N-dealkylation sites (tertiary alicyclic amines) is 1. The van der Waals surface area contributed by atoms with Crippen LogP contribution in [-0.2, 0) is 62.4 Å². The van der Waals surface area contributed by atoms with Crippen molar-refractivity contribution in [3.8, 4) is 16.9 Å². The van der Waals surface area contributed by atoms with Crippen molar-refractivity contribution in [1.82, 2.24) is 15.1 Å². The van der Waals surface area contributed by atoms with Gasteiger partial charge in [-0.2, -0.15) is 0 Å². The molecule has 0 bridgehead atoms. The summed E-state index contributed by atoms with van der Waals surface area (Å²) in [7, 11) is 2.88. The Hall–Kier alpha value is -6.60. The summed E-state index contributed by atoms with van der Waals surface area (Å²) in [6.07, 6.45) is 5.11. The van der Waals surface area contributed by atoms with Crippen molar-refractivity contribution in [2.24, 2.45) is 5.92 Å². The minimum absolute atomic E-state index is 0.0255. The van der Waals surface area contributed by atoms with E-state index in [0.717, 1.165) is 51.8 Å². The average Bonchev–Trinajstić information content (AvgIpc) is 3.93. The van der Waals surface area contributed by atoms with Crippen molar-refractivity contribution >= 4 is 35.4 Å². The van der Waals surface area contributed by atoms with Crippen molar-refractivity contribution in [2.45, 2.75) is 141 Å². The smallest absolute Gasteiger partial charge is 0.306 e. The minimum Gasteiger partial charge on any atom is -0.497 e. The Morgan fingerprint density at radius 3 is 2.07 bits per heavy atom. The molecule has 73 heavy (non-hydrogen) atoms. The predicted octanol–water partition coefficient (Wildman–Crippen LogP) is 9.51. The summed E-state index contributed by atoms with van der Waals surface area (Å²) >= 11 is 0. The fourth-order valence-corrected chi connectivity index (χ4v) is 10.2. The fraction of sp³-hybridized carbons (Fsp3) is 0.467. The van der Waals surface area contributed by atoms with Crippen molar-refractivity contribution < 1.29 is 47.7 Å². The zero-order chi connectivity index (χ0) is 52.7. The van der Waals surface area contributed by atoms with Crippen LogP contribution >= 0.6 is 0 Å². The third kappa shape index (κ3) is 15.0. The first-order valence-electron chi connectivity index (χ1n) is 25.8. The molecule has 0 radical (unpaired) electrons. The predicted molar refractivity (Wildman–Crippen MR) is 282 cm³/mol. The van der Waals surface area contributed by atoms with Gasteiger partial charge in [0.25, 0.3) is 0 Å². The molecule has 0 spiro atoms. The number of hydrogen-bond acceptors (Lipinski definition) is 10. The summed E-state index contributed by atoms with van der Waals surface area (Å²) < 4.78 is 22.4. The summed E-state index contributed by atoms with van der Waals surface area (Å²) in [5.74, 6) is -2.57. The molecule has 4 aromatic rings. The van der Waals surface area contributed by atoms with E-state index in [9.17, 15) is 28.8 Å². The van der Waals surface area contributed by atoms with Gasteiger partial charge in [0.2, 0.25) is 17.7 Å². The monoisotopic (exact) mass is 998 g/mol. The number of carbonyl (C=O) groups excluding carboxylic acids is 6. The summed E-state index contributed by atoms with van der Waals surface area (Å²) in [5, 5.41) is 3.05. The second-order valence-corrected chi connectivity index (χ2v) is 20.6. The number of rotatable bonds is 26. The van der Waals surface area contributed by atoms with Crippen LogP contribution in [0.25, 0.3) is 11.1 Å². The SMILES string of the molecule is C=CCCCN(Cc1ccc(CCCC(=O)[C@]2(C)CCCN2C(=O)[C@H](Cc2ccc(OC)cc2)NC(=O)[C@@H](CC(=O)OCC2c3ccccc3-c3ccccc32)[C@@H](C)OC(C)(C)C)cc1)C(=O)CCC(=O)OC. The van der Waals surface area contributed by atoms with Crippen LogP contribution in [0, 0.1) is 5.92 Å². The molecule has 1 saturated heterocycles. The van der Waals surface area contributed by atoms with Crippen LogP contribution in [0.4, 0.5) is 0 Å². The zero-order valence-electron chi connectivity index (χ0n) is 43.9. The molecule has 390 valence electrons. The number of methoxy groups -OCH3 is 2. The lowest BCUT2D eigenvalue weighted by Gasteiger charge is -2.37. The number of aryl methyl sites for hydroxylation is 1. The van der Waals surface area contributed by atoms with Gasteiger partial charge in [0.15, 0.2) is 5.78 Å². The molecule has 13 heteroatoms. The van der Waals surface area contributed by atoms with Gasteiger partial charge in [-0.05, 0) is 124 Å². The van der Waals surface area contributed by atoms with Crippen LogP contribution in [0.15, 0.2) is 110 Å². The topological polar surface area (TPSA) is 158 Å². The number of amides is 3. The number of Topliss-reactive ketones (excluding diaryl/α,β-unsaturated/α-hetero) is 1. The van der Waals surface area contributed by atoms with Crippen molar-refractivity contribution in [3.63, 3.8) is 0 Å². The Balaban J connectivity index is 1.13. The molecule has 1 N–H and O–H groups in total. The van der Waals surface area contributed by atoms with Crippen LogP contribution in [0.2, 0.25) is 0 Å². The molecule has 0 unspecified atom stereocenters. The molecule has 4 aromatic carbocycles. The summed E-state index contributed by atoms with van der Waals surface area (Å²) in [6.45, 7) is 14.4. The molecule has 1 aliphatic heterocycles. The van der Waals surface area contributed by atoms with Crippen molar-refractivity contribution in [2.75, 3.05) is 33.9 Å². The van der Waals surface area contributed by atoms with Gasteiger partial charge in [-0.1, -0.05) is 91.0 Å². The van der Waals surface area contributed by atoms with E-state index in [-0.39, 0.29) is 62.2 Å². The number of fused-ring (bicyclic) bond motifs is 3. The number of carbonyl (C=O) groups is 6. The number of ether oxygens (including phenoxy) is 4. The normalized spacial score (nSPS) is 16.3. The Bertz CT molecular complexity index is 2510. The van der Waals surface area contributed by atoms with E-state index in [0.29, 0.717) is 51.1 Å². The van der Waals surface area contributed by atoms with E-state index in [1.54, 1.807) is 36.0 Å². The maximum absolute atomic E-state index is 15.0. The Labute approximate surface area is 432 Å². The highest BCUT2D eigenvalue weighted by Crippen LogP contribution is 2.44. The number of allylic oxidation sites excluding steroid dienone is 1. The van der Waals surface area contributed by atoms with E-state index in [2.05, 4.69) is 36.2 Å². The molecule has 2 aliphatic rings. The molecule has 6 rings (SSSR count). The van der Waals surface area contributed by atoms with Gasteiger partial charge in [0, 0.05) is 44.8 Å². The standard InChI is InChI=1S/C60H75N3O10/c1-9-10-15-35-62(54(65)32-33-55(66)71-8)39-44-26-24-42(25-27-44)18-16-23-53(64)60(6)34-17-36-63(60)58(69)52(37-43-28-30-45(70-7)31-29-43)61-57(68)50(41(2)73-59(3,4)5)38-56(67)72-40-51-48-21-13-11-19-46(48)47-20-12-14-22-49(47)51/h9,11-14,19-22,24-31,41,50-52H,1,10,15-18,23,32-40H2,2-8H3,(H,61,68)/t41-,50+,52+,60+/m1/s1. The molecule has 1 aliphatic carbocycles. The molecule has 13 nitrogen and oxygen atoms in total. The number of benzene rings is 4. The molecule has 0 aromatic heterocycles. The Morgan fingerprint density at radius 1 is 0.822 bits per heavy atom. The first-order chi connectivity index (χ1) is 34.9. The quantitative estimate of drug-likeness (QED) is 0.0365. The third-order valence-corrected chi connectivity index (χ3v) is 14.1. The summed E-state index contributed by atoms with van der Waals surface area (Å²) in [4.78, 5) is 86.1. The molecular formula is C60H75N3O10. The van der Waals surface area contributed by atoms with Crippen LogP contribution in [-0.4, -0.2) is 102 Å². The molecule has 0 saturated carbocycles. The van der Waals surface area contributed by atoms with Gasteiger partial charge in [-0.3, -0.25) is 28.8 Å². The van der Waals surface area contributed by atoms with Gasteiger partial charge in [-0.15, -0.1) is 6.58 Å². The Morgan fingerprint density at radius 2 is 1.45 bits per heavy atom.